The van der Waals surface area contributed by atoms with E-state index in [1.807, 2.05) is 50.2 Å². The molecule has 5 nitrogen and oxygen atoms in total. The Labute approximate surface area is 163 Å². The van der Waals surface area contributed by atoms with E-state index in [0.29, 0.717) is 17.2 Å². The van der Waals surface area contributed by atoms with Crippen molar-refractivity contribution in [2.24, 2.45) is 0 Å². The summed E-state index contributed by atoms with van der Waals surface area (Å²) in [7, 11) is 0. The van der Waals surface area contributed by atoms with E-state index < -0.39 is 11.9 Å². The number of hydrogen-bond acceptors (Lipinski definition) is 4. The smallest absolute Gasteiger partial charge is 0.342 e. The van der Waals surface area contributed by atoms with Crippen LogP contribution in [0.5, 0.6) is 11.5 Å². The number of aryl methyl sites for hydroxylation is 2. The third kappa shape index (κ3) is 4.98. The third-order valence-corrected chi connectivity index (χ3v) is 4.08. The van der Waals surface area contributed by atoms with Crippen molar-refractivity contribution in [3.63, 3.8) is 0 Å². The maximum Gasteiger partial charge on any atom is 0.342 e. The van der Waals surface area contributed by atoms with Crippen LogP contribution in [0.25, 0.3) is 0 Å². The molecule has 28 heavy (non-hydrogen) atoms. The molecule has 3 rings (SSSR count). The van der Waals surface area contributed by atoms with E-state index in [4.69, 9.17) is 9.47 Å². The molecular formula is C23H21NO4. The zero-order valence-corrected chi connectivity index (χ0v) is 15.8. The highest BCUT2D eigenvalue weighted by atomic mass is 16.5. The number of carbonyl (C=O) groups is 2. The molecule has 1 amide bonds. The number of amides is 1. The van der Waals surface area contributed by atoms with Gasteiger partial charge in [-0.3, -0.25) is 4.79 Å². The number of hydrogen-bond donors (Lipinski definition) is 1. The second-order valence-corrected chi connectivity index (χ2v) is 6.35. The van der Waals surface area contributed by atoms with Gasteiger partial charge < -0.3 is 14.8 Å². The lowest BCUT2D eigenvalue weighted by Gasteiger charge is -2.12. The molecule has 142 valence electrons. The molecule has 3 aromatic carbocycles. The van der Waals surface area contributed by atoms with E-state index in [1.165, 1.54) is 0 Å². The summed E-state index contributed by atoms with van der Waals surface area (Å²) in [6, 6.07) is 21.7. The van der Waals surface area contributed by atoms with Crippen LogP contribution in [0, 0.1) is 13.8 Å². The fraction of sp³-hybridized carbons (Fsp3) is 0.130. The standard InChI is InChI=1S/C23H21NO4/c1-16-12-13-17(2)20(14-16)24-22(25)15-27-23(26)19-10-6-7-11-21(19)28-18-8-4-3-5-9-18/h3-14H,15H2,1-2H3,(H,24,25). The van der Waals surface area contributed by atoms with Crippen molar-refractivity contribution < 1.29 is 19.1 Å². The number of anilines is 1. The summed E-state index contributed by atoms with van der Waals surface area (Å²) in [5.41, 5.74) is 2.93. The van der Waals surface area contributed by atoms with Crippen molar-refractivity contribution in [1.82, 2.24) is 0 Å². The lowest BCUT2D eigenvalue weighted by atomic mass is 10.1. The molecule has 0 aliphatic heterocycles. The summed E-state index contributed by atoms with van der Waals surface area (Å²) >= 11 is 0. The first kappa shape index (κ1) is 19.2. The van der Waals surface area contributed by atoms with Gasteiger partial charge in [-0.05, 0) is 55.3 Å². The Morgan fingerprint density at radius 1 is 0.893 bits per heavy atom. The van der Waals surface area contributed by atoms with Gasteiger partial charge in [0.15, 0.2) is 6.61 Å². The van der Waals surface area contributed by atoms with Crippen LogP contribution in [0.3, 0.4) is 0 Å². The second kappa shape index (κ2) is 8.86. The number of rotatable bonds is 6. The summed E-state index contributed by atoms with van der Waals surface area (Å²) in [5, 5.41) is 2.76. The van der Waals surface area contributed by atoms with Crippen molar-refractivity contribution >= 4 is 17.6 Å². The minimum atomic E-state index is -0.623. The lowest BCUT2D eigenvalue weighted by Crippen LogP contribution is -2.21. The normalized spacial score (nSPS) is 10.2. The van der Waals surface area contributed by atoms with Gasteiger partial charge in [0.05, 0.1) is 0 Å². The van der Waals surface area contributed by atoms with Gasteiger partial charge in [-0.25, -0.2) is 4.79 Å². The van der Waals surface area contributed by atoms with Gasteiger partial charge in [0.2, 0.25) is 0 Å². The van der Waals surface area contributed by atoms with Crippen LogP contribution in [-0.2, 0) is 9.53 Å². The highest BCUT2D eigenvalue weighted by molar-refractivity contribution is 5.97. The van der Waals surface area contributed by atoms with Crippen LogP contribution in [-0.4, -0.2) is 18.5 Å². The van der Waals surface area contributed by atoms with Crippen LogP contribution in [0.15, 0.2) is 72.8 Å². The molecule has 0 saturated carbocycles. The Morgan fingerprint density at radius 2 is 1.61 bits per heavy atom. The molecule has 3 aromatic rings. The highest BCUT2D eigenvalue weighted by Crippen LogP contribution is 2.25. The topological polar surface area (TPSA) is 64.6 Å². The van der Waals surface area contributed by atoms with Gasteiger partial charge in [0.1, 0.15) is 17.1 Å². The Morgan fingerprint density at radius 3 is 2.39 bits per heavy atom. The quantitative estimate of drug-likeness (QED) is 0.623. The molecule has 0 spiro atoms. The maximum atomic E-state index is 12.5. The van der Waals surface area contributed by atoms with Crippen molar-refractivity contribution in [1.29, 1.82) is 0 Å². The summed E-state index contributed by atoms with van der Waals surface area (Å²) in [6.07, 6.45) is 0. The Balaban J connectivity index is 1.63. The van der Waals surface area contributed by atoms with Gasteiger partial charge in [0, 0.05) is 5.69 Å². The fourth-order valence-corrected chi connectivity index (χ4v) is 2.61. The zero-order chi connectivity index (χ0) is 19.9. The van der Waals surface area contributed by atoms with E-state index in [2.05, 4.69) is 5.32 Å². The second-order valence-electron chi connectivity index (χ2n) is 6.35. The van der Waals surface area contributed by atoms with Gasteiger partial charge in [-0.2, -0.15) is 0 Å². The number of carbonyl (C=O) groups excluding carboxylic acids is 2. The molecule has 0 saturated heterocycles. The first-order chi connectivity index (χ1) is 13.5. The first-order valence-corrected chi connectivity index (χ1v) is 8.89. The number of esters is 1. The molecule has 1 N–H and O–H groups in total. The minimum absolute atomic E-state index is 0.255. The largest absolute Gasteiger partial charge is 0.456 e. The van der Waals surface area contributed by atoms with Crippen LogP contribution in [0.4, 0.5) is 5.69 Å². The third-order valence-electron chi connectivity index (χ3n) is 4.08. The predicted molar refractivity (Wildman–Crippen MR) is 108 cm³/mol. The van der Waals surface area contributed by atoms with E-state index in [1.54, 1.807) is 36.4 Å². The van der Waals surface area contributed by atoms with Crippen molar-refractivity contribution in [3.8, 4) is 11.5 Å². The Hall–Kier alpha value is -3.60. The van der Waals surface area contributed by atoms with Crippen molar-refractivity contribution in [2.75, 3.05) is 11.9 Å². The highest BCUT2D eigenvalue weighted by Gasteiger charge is 2.16. The molecule has 0 aliphatic rings. The number of benzene rings is 3. The van der Waals surface area contributed by atoms with Gasteiger partial charge in [-0.15, -0.1) is 0 Å². The van der Waals surface area contributed by atoms with Crippen LogP contribution < -0.4 is 10.1 Å². The molecule has 0 atom stereocenters. The summed E-state index contributed by atoms with van der Waals surface area (Å²) < 4.78 is 10.9. The van der Waals surface area contributed by atoms with E-state index in [0.717, 1.165) is 11.1 Å². The lowest BCUT2D eigenvalue weighted by molar-refractivity contribution is -0.119. The molecular weight excluding hydrogens is 354 g/mol. The SMILES string of the molecule is Cc1ccc(C)c(NC(=O)COC(=O)c2ccccc2Oc2ccccc2)c1. The van der Waals surface area contributed by atoms with E-state index in [9.17, 15) is 9.59 Å². The van der Waals surface area contributed by atoms with E-state index >= 15 is 0 Å². The van der Waals surface area contributed by atoms with Gasteiger partial charge in [-0.1, -0.05) is 42.5 Å². The summed E-state index contributed by atoms with van der Waals surface area (Å²) in [4.78, 5) is 24.6. The van der Waals surface area contributed by atoms with Crippen molar-refractivity contribution in [3.05, 3.63) is 89.5 Å². The molecule has 0 aromatic heterocycles. The summed E-state index contributed by atoms with van der Waals surface area (Å²) in [5.74, 6) is -0.0461. The van der Waals surface area contributed by atoms with Crippen LogP contribution >= 0.6 is 0 Å². The Bertz CT molecular complexity index is 983. The number of nitrogens with one attached hydrogen (secondary N) is 1. The molecule has 0 unspecified atom stereocenters. The molecule has 0 fully saturated rings. The number of ether oxygens (including phenoxy) is 2. The van der Waals surface area contributed by atoms with Gasteiger partial charge >= 0.3 is 5.97 Å². The average molecular weight is 375 g/mol. The van der Waals surface area contributed by atoms with Crippen LogP contribution in [0.1, 0.15) is 21.5 Å². The molecule has 5 heteroatoms. The molecule has 0 radical (unpaired) electrons. The molecule has 0 heterocycles. The Kier molecular flexibility index (Phi) is 6.07. The fourth-order valence-electron chi connectivity index (χ4n) is 2.61. The minimum Gasteiger partial charge on any atom is -0.456 e. The van der Waals surface area contributed by atoms with Crippen LogP contribution in [0.2, 0.25) is 0 Å². The zero-order valence-electron chi connectivity index (χ0n) is 15.8. The van der Waals surface area contributed by atoms with Gasteiger partial charge in [0.25, 0.3) is 5.91 Å². The van der Waals surface area contributed by atoms with Crippen molar-refractivity contribution in [2.45, 2.75) is 13.8 Å². The summed E-state index contributed by atoms with van der Waals surface area (Å²) in [6.45, 7) is 3.46. The number of para-hydroxylation sites is 2. The molecule has 0 aliphatic carbocycles. The molecule has 0 bridgehead atoms. The van der Waals surface area contributed by atoms with E-state index in [-0.39, 0.29) is 12.2 Å². The average Bonchev–Trinajstić information content (AvgIpc) is 2.70. The first-order valence-electron chi connectivity index (χ1n) is 8.89. The maximum absolute atomic E-state index is 12.5. The monoisotopic (exact) mass is 375 g/mol. The predicted octanol–water partition coefficient (Wildman–Crippen LogP) is 4.89.